The minimum Gasteiger partial charge on any atom is -0.481 e. The Bertz CT molecular complexity index is 394. The van der Waals surface area contributed by atoms with Crippen molar-refractivity contribution in [2.24, 2.45) is 0 Å². The Kier molecular flexibility index (Phi) is 4.69. The van der Waals surface area contributed by atoms with E-state index >= 15 is 0 Å². The van der Waals surface area contributed by atoms with Gasteiger partial charge >= 0.3 is 5.97 Å². The molecule has 4 heteroatoms. The molecule has 0 spiro atoms. The summed E-state index contributed by atoms with van der Waals surface area (Å²) in [6.07, 6.45) is -0.454. The van der Waals surface area contributed by atoms with Crippen LogP contribution in [-0.2, 0) is 4.79 Å². The fourth-order valence-electron chi connectivity index (χ4n) is 1.69. The van der Waals surface area contributed by atoms with Crippen LogP contribution in [0.1, 0.15) is 30.6 Å². The number of Topliss-reactive ketones (excluding diaryl/α,β-unsaturated/α-hetero) is 1. The first kappa shape index (κ1) is 13.2. The summed E-state index contributed by atoms with van der Waals surface area (Å²) in [7, 11) is 0. The predicted molar refractivity (Wildman–Crippen MR) is 66.6 cm³/mol. The molecule has 17 heavy (non-hydrogen) atoms. The van der Waals surface area contributed by atoms with Crippen LogP contribution in [0.2, 0.25) is 0 Å². The average molecular weight is 235 g/mol. The highest BCUT2D eigenvalue weighted by Gasteiger charge is 2.10. The van der Waals surface area contributed by atoms with Crippen LogP contribution in [0.4, 0.5) is 5.69 Å². The highest BCUT2D eigenvalue weighted by atomic mass is 16.4. The molecular weight excluding hydrogens is 218 g/mol. The van der Waals surface area contributed by atoms with Crippen LogP contribution in [0, 0.1) is 0 Å². The number of carboxylic acids is 1. The average Bonchev–Trinajstić information content (AvgIpc) is 2.30. The predicted octanol–water partition coefficient (Wildman–Crippen LogP) is 2.19. The molecule has 0 unspecified atom stereocenters. The van der Waals surface area contributed by atoms with Crippen LogP contribution in [0.5, 0.6) is 0 Å². The molecule has 0 atom stereocenters. The first-order valence-electron chi connectivity index (χ1n) is 5.68. The highest BCUT2D eigenvalue weighted by molar-refractivity contribution is 6.05. The van der Waals surface area contributed by atoms with E-state index in [1.54, 1.807) is 12.1 Å². The second-order valence-corrected chi connectivity index (χ2v) is 3.71. The summed E-state index contributed by atoms with van der Waals surface area (Å²) in [5.41, 5.74) is 1.49. The minimum absolute atomic E-state index is 0.358. The molecule has 0 bridgehead atoms. The molecule has 1 rings (SSSR count). The van der Waals surface area contributed by atoms with E-state index in [0.717, 1.165) is 18.8 Å². The summed E-state index contributed by atoms with van der Waals surface area (Å²) in [6, 6.07) is 7.06. The number of anilines is 1. The lowest BCUT2D eigenvalue weighted by atomic mass is 10.1. The van der Waals surface area contributed by atoms with E-state index in [9.17, 15) is 9.59 Å². The molecule has 1 aromatic carbocycles. The van der Waals surface area contributed by atoms with Crippen molar-refractivity contribution in [2.75, 3.05) is 18.0 Å². The standard InChI is InChI=1S/C13H17NO3/c1-3-14(4-2)11-7-5-10(6-8-11)12(15)9-13(16)17/h5-8H,3-4,9H2,1-2H3,(H,16,17). The second kappa shape index (κ2) is 6.03. The van der Waals surface area contributed by atoms with Crippen molar-refractivity contribution in [3.8, 4) is 0 Å². The second-order valence-electron chi connectivity index (χ2n) is 3.71. The smallest absolute Gasteiger partial charge is 0.311 e. The number of nitrogens with zero attached hydrogens (tertiary/aromatic N) is 1. The minimum atomic E-state index is -1.09. The van der Waals surface area contributed by atoms with E-state index in [1.807, 2.05) is 12.1 Å². The van der Waals surface area contributed by atoms with Crippen molar-refractivity contribution in [2.45, 2.75) is 20.3 Å². The van der Waals surface area contributed by atoms with Crippen LogP contribution >= 0.6 is 0 Å². The van der Waals surface area contributed by atoms with Crippen molar-refractivity contribution in [3.05, 3.63) is 29.8 Å². The number of carbonyl (C=O) groups is 2. The number of carboxylic acid groups (broad SMARTS) is 1. The molecule has 0 heterocycles. The molecule has 0 fully saturated rings. The molecule has 0 amide bonds. The number of hydrogen-bond donors (Lipinski definition) is 1. The molecule has 0 aliphatic rings. The van der Waals surface area contributed by atoms with Crippen LogP contribution in [0.15, 0.2) is 24.3 Å². The maximum atomic E-state index is 11.5. The number of benzene rings is 1. The molecule has 0 aromatic heterocycles. The first-order chi connectivity index (χ1) is 8.08. The zero-order valence-electron chi connectivity index (χ0n) is 10.1. The van der Waals surface area contributed by atoms with Crippen molar-refractivity contribution in [3.63, 3.8) is 0 Å². The molecule has 0 aliphatic carbocycles. The molecule has 0 aliphatic heterocycles. The van der Waals surface area contributed by atoms with E-state index in [4.69, 9.17) is 5.11 Å². The van der Waals surface area contributed by atoms with E-state index < -0.39 is 12.4 Å². The Morgan fingerprint density at radius 1 is 1.12 bits per heavy atom. The Balaban J connectivity index is 2.80. The molecule has 92 valence electrons. The summed E-state index contributed by atoms with van der Waals surface area (Å²) in [6.45, 7) is 5.93. The van der Waals surface area contributed by atoms with Gasteiger partial charge in [0.1, 0.15) is 6.42 Å². The van der Waals surface area contributed by atoms with Gasteiger partial charge in [-0.3, -0.25) is 9.59 Å². The normalized spacial score (nSPS) is 10.0. The topological polar surface area (TPSA) is 57.6 Å². The van der Waals surface area contributed by atoms with Crippen molar-refractivity contribution in [1.29, 1.82) is 0 Å². The fraction of sp³-hybridized carbons (Fsp3) is 0.385. The van der Waals surface area contributed by atoms with Gasteiger partial charge in [-0.25, -0.2) is 0 Å². The maximum Gasteiger partial charge on any atom is 0.311 e. The molecule has 0 saturated heterocycles. The van der Waals surface area contributed by atoms with Gasteiger partial charge in [-0.05, 0) is 38.1 Å². The molecule has 0 saturated carbocycles. The van der Waals surface area contributed by atoms with Gasteiger partial charge in [0.15, 0.2) is 5.78 Å². The number of hydrogen-bond acceptors (Lipinski definition) is 3. The molecule has 4 nitrogen and oxygen atoms in total. The first-order valence-corrected chi connectivity index (χ1v) is 5.68. The van der Waals surface area contributed by atoms with Crippen molar-refractivity contribution >= 4 is 17.4 Å². The maximum absolute atomic E-state index is 11.5. The summed E-state index contributed by atoms with van der Waals surface area (Å²) in [5, 5.41) is 8.54. The summed E-state index contributed by atoms with van der Waals surface area (Å²) >= 11 is 0. The van der Waals surface area contributed by atoms with Gasteiger partial charge in [0.2, 0.25) is 0 Å². The monoisotopic (exact) mass is 235 g/mol. The lowest BCUT2D eigenvalue weighted by molar-refractivity contribution is -0.135. The summed E-state index contributed by atoms with van der Waals surface area (Å²) in [5.74, 6) is -1.45. The van der Waals surface area contributed by atoms with E-state index in [1.165, 1.54) is 0 Å². The summed E-state index contributed by atoms with van der Waals surface area (Å²) < 4.78 is 0. The third kappa shape index (κ3) is 3.59. The lowest BCUT2D eigenvalue weighted by Crippen LogP contribution is -2.21. The van der Waals surface area contributed by atoms with E-state index in [-0.39, 0.29) is 5.78 Å². The number of carbonyl (C=O) groups excluding carboxylic acids is 1. The van der Waals surface area contributed by atoms with E-state index in [2.05, 4.69) is 18.7 Å². The van der Waals surface area contributed by atoms with Crippen molar-refractivity contribution < 1.29 is 14.7 Å². The van der Waals surface area contributed by atoms with Crippen LogP contribution < -0.4 is 4.90 Å². The van der Waals surface area contributed by atoms with Gasteiger partial charge in [0, 0.05) is 24.3 Å². The van der Waals surface area contributed by atoms with Gasteiger partial charge in [-0.2, -0.15) is 0 Å². The number of aliphatic carboxylic acids is 1. The third-order valence-electron chi connectivity index (χ3n) is 2.63. The molecule has 0 radical (unpaired) electrons. The molecule has 1 N–H and O–H groups in total. The SMILES string of the molecule is CCN(CC)c1ccc(C(=O)CC(=O)O)cc1. The third-order valence-corrected chi connectivity index (χ3v) is 2.63. The van der Waals surface area contributed by atoms with E-state index in [0.29, 0.717) is 5.56 Å². The van der Waals surface area contributed by atoms with Gasteiger partial charge in [0.05, 0.1) is 0 Å². The Hall–Kier alpha value is -1.84. The van der Waals surface area contributed by atoms with Gasteiger partial charge in [0.25, 0.3) is 0 Å². The highest BCUT2D eigenvalue weighted by Crippen LogP contribution is 2.15. The largest absolute Gasteiger partial charge is 0.481 e. The van der Waals surface area contributed by atoms with Gasteiger partial charge in [-0.1, -0.05) is 0 Å². The van der Waals surface area contributed by atoms with Gasteiger partial charge in [-0.15, -0.1) is 0 Å². The van der Waals surface area contributed by atoms with Crippen LogP contribution in [-0.4, -0.2) is 29.9 Å². The van der Waals surface area contributed by atoms with Crippen LogP contribution in [0.3, 0.4) is 0 Å². The Morgan fingerprint density at radius 3 is 2.06 bits per heavy atom. The quantitative estimate of drug-likeness (QED) is 0.606. The molecular formula is C13H17NO3. The summed E-state index contributed by atoms with van der Waals surface area (Å²) in [4.78, 5) is 24.1. The zero-order valence-corrected chi connectivity index (χ0v) is 10.1. The zero-order chi connectivity index (χ0) is 12.8. The Labute approximate surface area is 101 Å². The van der Waals surface area contributed by atoms with Gasteiger partial charge < -0.3 is 10.0 Å². The Morgan fingerprint density at radius 2 is 1.65 bits per heavy atom. The van der Waals surface area contributed by atoms with Crippen molar-refractivity contribution in [1.82, 2.24) is 0 Å². The van der Waals surface area contributed by atoms with Crippen LogP contribution in [0.25, 0.3) is 0 Å². The lowest BCUT2D eigenvalue weighted by Gasteiger charge is -2.20. The molecule has 1 aromatic rings. The fourth-order valence-corrected chi connectivity index (χ4v) is 1.69. The number of rotatable bonds is 6. The number of ketones is 1.